The molecule has 0 amide bonds. The van der Waals surface area contributed by atoms with Crippen LogP contribution in [-0.4, -0.2) is 18.2 Å². The molecule has 100 valence electrons. The van der Waals surface area contributed by atoms with E-state index in [1.807, 2.05) is 0 Å². The van der Waals surface area contributed by atoms with E-state index in [0.29, 0.717) is 11.3 Å². The lowest BCUT2D eigenvalue weighted by atomic mass is 9.94. The average Bonchev–Trinajstić information content (AvgIpc) is 2.88. The topological polar surface area (TPSA) is 59.7 Å². The fraction of sp³-hybridized carbons (Fsp3) is 0.214. The van der Waals surface area contributed by atoms with Gasteiger partial charge in [-0.15, -0.1) is 0 Å². The molecule has 1 atom stereocenters. The van der Waals surface area contributed by atoms with E-state index < -0.39 is 17.7 Å². The lowest BCUT2D eigenvalue weighted by Gasteiger charge is -2.12. The van der Waals surface area contributed by atoms with Gasteiger partial charge in [-0.3, -0.25) is 4.79 Å². The van der Waals surface area contributed by atoms with Gasteiger partial charge in [-0.25, -0.2) is 4.39 Å². The van der Waals surface area contributed by atoms with Gasteiger partial charge in [0.1, 0.15) is 5.76 Å². The minimum Gasteiger partial charge on any atom is -0.494 e. The maximum atomic E-state index is 13.6. The molecule has 1 aromatic heterocycles. The summed E-state index contributed by atoms with van der Waals surface area (Å²) >= 11 is 0. The van der Waals surface area contributed by atoms with Gasteiger partial charge in [-0.1, -0.05) is 6.07 Å². The van der Waals surface area contributed by atoms with Gasteiger partial charge in [-0.2, -0.15) is 0 Å². The highest BCUT2D eigenvalue weighted by atomic mass is 19.1. The monoisotopic (exact) mass is 264 g/mol. The maximum Gasteiger partial charge on any atom is 0.311 e. The Kier molecular flexibility index (Phi) is 3.85. The van der Waals surface area contributed by atoms with Crippen LogP contribution in [0.1, 0.15) is 17.2 Å². The summed E-state index contributed by atoms with van der Waals surface area (Å²) in [7, 11) is 1.36. The minimum atomic E-state index is -1.03. The molecule has 0 aliphatic heterocycles. The fourth-order valence-corrected chi connectivity index (χ4v) is 1.88. The van der Waals surface area contributed by atoms with Crippen LogP contribution in [0.15, 0.2) is 41.0 Å². The van der Waals surface area contributed by atoms with Crippen molar-refractivity contribution in [3.63, 3.8) is 0 Å². The molecule has 1 N–H and O–H groups in total. The number of carboxylic acids is 1. The van der Waals surface area contributed by atoms with Gasteiger partial charge in [0.2, 0.25) is 0 Å². The van der Waals surface area contributed by atoms with Crippen molar-refractivity contribution in [2.75, 3.05) is 7.11 Å². The summed E-state index contributed by atoms with van der Waals surface area (Å²) in [4.78, 5) is 11.3. The summed E-state index contributed by atoms with van der Waals surface area (Å²) < 4.78 is 23.5. The average molecular weight is 264 g/mol. The Morgan fingerprint density at radius 1 is 1.47 bits per heavy atom. The van der Waals surface area contributed by atoms with E-state index in [1.54, 1.807) is 18.2 Å². The number of hydrogen-bond donors (Lipinski definition) is 1. The van der Waals surface area contributed by atoms with E-state index in [4.69, 9.17) is 9.15 Å². The minimum absolute atomic E-state index is 0.0888. The van der Waals surface area contributed by atoms with E-state index in [1.165, 1.54) is 25.5 Å². The molecule has 4 nitrogen and oxygen atoms in total. The zero-order valence-corrected chi connectivity index (χ0v) is 10.3. The van der Waals surface area contributed by atoms with Gasteiger partial charge in [-0.05, 0) is 29.8 Å². The first-order chi connectivity index (χ1) is 9.11. The summed E-state index contributed by atoms with van der Waals surface area (Å²) in [5, 5.41) is 9.25. The fourth-order valence-electron chi connectivity index (χ4n) is 1.88. The van der Waals surface area contributed by atoms with Crippen molar-refractivity contribution in [3.8, 4) is 5.75 Å². The van der Waals surface area contributed by atoms with Crippen molar-refractivity contribution in [1.82, 2.24) is 0 Å². The Morgan fingerprint density at radius 2 is 2.26 bits per heavy atom. The molecule has 0 saturated carbocycles. The Morgan fingerprint density at radius 3 is 2.79 bits per heavy atom. The van der Waals surface area contributed by atoms with E-state index in [-0.39, 0.29) is 12.2 Å². The molecule has 19 heavy (non-hydrogen) atoms. The number of furan rings is 1. The molecule has 1 heterocycles. The number of carbonyl (C=O) groups is 1. The number of aliphatic carboxylic acids is 1. The van der Waals surface area contributed by atoms with Crippen LogP contribution in [0, 0.1) is 5.82 Å². The second-order valence-electron chi connectivity index (χ2n) is 4.07. The second kappa shape index (κ2) is 5.56. The Balaban J connectivity index is 2.29. The van der Waals surface area contributed by atoms with Crippen LogP contribution in [0.3, 0.4) is 0 Å². The molecule has 0 bridgehead atoms. The smallest absolute Gasteiger partial charge is 0.311 e. The quantitative estimate of drug-likeness (QED) is 0.902. The predicted octanol–water partition coefficient (Wildman–Crippen LogP) is 2.84. The Bertz CT molecular complexity index is 563. The molecule has 5 heteroatoms. The van der Waals surface area contributed by atoms with Crippen LogP contribution in [0.25, 0.3) is 0 Å². The van der Waals surface area contributed by atoms with Crippen LogP contribution < -0.4 is 4.74 Å². The van der Waals surface area contributed by atoms with Crippen molar-refractivity contribution in [2.24, 2.45) is 0 Å². The summed E-state index contributed by atoms with van der Waals surface area (Å²) in [6.07, 6.45) is 1.65. The second-order valence-corrected chi connectivity index (χ2v) is 4.07. The van der Waals surface area contributed by atoms with Gasteiger partial charge in [0.15, 0.2) is 11.6 Å². The highest BCUT2D eigenvalue weighted by Crippen LogP contribution is 2.26. The Labute approximate surface area is 109 Å². The van der Waals surface area contributed by atoms with Gasteiger partial charge in [0.05, 0.1) is 19.3 Å². The SMILES string of the molecule is COc1ccc(C(Cc2ccco2)C(=O)O)cc1F. The Hall–Kier alpha value is -2.30. The summed E-state index contributed by atoms with van der Waals surface area (Å²) in [5.41, 5.74) is 0.377. The van der Waals surface area contributed by atoms with Crippen LogP contribution in [0.4, 0.5) is 4.39 Å². The zero-order chi connectivity index (χ0) is 13.8. The van der Waals surface area contributed by atoms with Crippen LogP contribution in [0.2, 0.25) is 0 Å². The molecule has 0 spiro atoms. The number of carboxylic acid groups (broad SMARTS) is 1. The van der Waals surface area contributed by atoms with E-state index in [0.717, 1.165) is 0 Å². The zero-order valence-electron chi connectivity index (χ0n) is 10.3. The number of rotatable bonds is 5. The van der Waals surface area contributed by atoms with Crippen molar-refractivity contribution < 1.29 is 23.4 Å². The molecule has 0 aliphatic carbocycles. The van der Waals surface area contributed by atoms with Crippen LogP contribution >= 0.6 is 0 Å². The van der Waals surface area contributed by atoms with E-state index >= 15 is 0 Å². The molecular weight excluding hydrogens is 251 g/mol. The molecule has 1 aromatic carbocycles. The molecular formula is C14H13FO4. The third-order valence-electron chi connectivity index (χ3n) is 2.86. The number of halogens is 1. The van der Waals surface area contributed by atoms with E-state index in [9.17, 15) is 14.3 Å². The van der Waals surface area contributed by atoms with E-state index in [2.05, 4.69) is 0 Å². The standard InChI is InChI=1S/C14H13FO4/c1-18-13-5-4-9(7-12(13)15)11(14(16)17)8-10-3-2-6-19-10/h2-7,11H,8H2,1H3,(H,16,17). The van der Waals surface area contributed by atoms with Gasteiger partial charge in [0, 0.05) is 6.42 Å². The summed E-state index contributed by atoms with van der Waals surface area (Å²) in [6.45, 7) is 0. The molecule has 0 aliphatic rings. The van der Waals surface area contributed by atoms with Gasteiger partial charge < -0.3 is 14.3 Å². The van der Waals surface area contributed by atoms with Crippen molar-refractivity contribution in [1.29, 1.82) is 0 Å². The number of methoxy groups -OCH3 is 1. The number of ether oxygens (including phenoxy) is 1. The third kappa shape index (κ3) is 2.93. The molecule has 0 saturated heterocycles. The maximum absolute atomic E-state index is 13.6. The lowest BCUT2D eigenvalue weighted by Crippen LogP contribution is -2.14. The van der Waals surface area contributed by atoms with Crippen molar-refractivity contribution >= 4 is 5.97 Å². The van der Waals surface area contributed by atoms with Crippen molar-refractivity contribution in [2.45, 2.75) is 12.3 Å². The first kappa shape index (κ1) is 13.1. The highest BCUT2D eigenvalue weighted by Gasteiger charge is 2.22. The molecule has 0 fully saturated rings. The summed E-state index contributed by atoms with van der Waals surface area (Å²) in [6, 6.07) is 7.52. The molecule has 1 unspecified atom stereocenters. The third-order valence-corrected chi connectivity index (χ3v) is 2.86. The van der Waals surface area contributed by atoms with Crippen molar-refractivity contribution in [3.05, 3.63) is 53.7 Å². The first-order valence-corrected chi connectivity index (χ1v) is 5.70. The lowest BCUT2D eigenvalue weighted by molar-refractivity contribution is -0.138. The number of benzene rings is 1. The molecule has 0 radical (unpaired) electrons. The largest absolute Gasteiger partial charge is 0.494 e. The van der Waals surface area contributed by atoms with Crippen LogP contribution in [-0.2, 0) is 11.2 Å². The molecule has 2 aromatic rings. The normalized spacial score (nSPS) is 12.1. The predicted molar refractivity (Wildman–Crippen MR) is 65.7 cm³/mol. The summed E-state index contributed by atoms with van der Waals surface area (Å²) in [5.74, 6) is -1.83. The van der Waals surface area contributed by atoms with Gasteiger partial charge >= 0.3 is 5.97 Å². The van der Waals surface area contributed by atoms with Crippen LogP contribution in [0.5, 0.6) is 5.75 Å². The first-order valence-electron chi connectivity index (χ1n) is 5.70. The highest BCUT2D eigenvalue weighted by molar-refractivity contribution is 5.76. The van der Waals surface area contributed by atoms with Gasteiger partial charge in [0.25, 0.3) is 0 Å². The molecule has 2 rings (SSSR count). The number of hydrogen-bond acceptors (Lipinski definition) is 3.